The van der Waals surface area contributed by atoms with E-state index in [4.69, 9.17) is 13.9 Å². The molecule has 2 amide bonds. The summed E-state index contributed by atoms with van der Waals surface area (Å²) < 4.78 is 73.8. The van der Waals surface area contributed by atoms with E-state index in [9.17, 15) is 31.2 Å². The molecule has 3 aromatic carbocycles. The number of likely N-dealkylation sites (tertiary alicyclic amines) is 1. The van der Waals surface area contributed by atoms with Crippen LogP contribution in [-0.2, 0) is 19.6 Å². The molecule has 298 valence electrons. The molecule has 4 aromatic rings. The van der Waals surface area contributed by atoms with Crippen molar-refractivity contribution in [3.05, 3.63) is 95.0 Å². The summed E-state index contributed by atoms with van der Waals surface area (Å²) in [5.74, 6) is 0.714. The summed E-state index contributed by atoms with van der Waals surface area (Å²) in [7, 11) is -4.53. The van der Waals surface area contributed by atoms with Gasteiger partial charge in [-0.2, -0.15) is 21.6 Å². The molecule has 1 saturated carbocycles. The fourth-order valence-corrected chi connectivity index (χ4v) is 10.7. The highest BCUT2D eigenvalue weighted by Gasteiger charge is 2.50. The maximum Gasteiger partial charge on any atom is 0.534 e. The van der Waals surface area contributed by atoms with E-state index in [0.29, 0.717) is 17.9 Å². The monoisotopic (exact) mass is 800 g/mol. The van der Waals surface area contributed by atoms with Gasteiger partial charge >= 0.3 is 21.7 Å². The van der Waals surface area contributed by atoms with Gasteiger partial charge in [0.1, 0.15) is 17.6 Å². The number of nitrogens with zero attached hydrogens (tertiary/aromatic N) is 2. The zero-order chi connectivity index (χ0) is 40.0. The molecule has 5 aliphatic rings. The number of benzene rings is 3. The van der Waals surface area contributed by atoms with Crippen LogP contribution >= 0.6 is 0 Å². The van der Waals surface area contributed by atoms with E-state index in [2.05, 4.69) is 58.9 Å². The molecule has 1 aliphatic heterocycles. The van der Waals surface area contributed by atoms with Gasteiger partial charge in [-0.3, -0.25) is 4.79 Å². The Morgan fingerprint density at radius 1 is 0.860 bits per heavy atom. The molecule has 2 N–H and O–H groups in total. The van der Waals surface area contributed by atoms with Crippen molar-refractivity contribution in [2.75, 3.05) is 13.7 Å². The lowest BCUT2D eigenvalue weighted by molar-refractivity contribution is -0.135. The van der Waals surface area contributed by atoms with Gasteiger partial charge < -0.3 is 24.1 Å². The molecule has 0 radical (unpaired) electrons. The first kappa shape index (κ1) is 37.5. The van der Waals surface area contributed by atoms with Gasteiger partial charge in [0, 0.05) is 23.9 Å². The molecule has 0 spiro atoms. The number of aromatic amines is 1. The Labute approximate surface area is 329 Å². The number of amides is 2. The van der Waals surface area contributed by atoms with Crippen LogP contribution in [0.15, 0.2) is 66.9 Å². The number of carbonyl (C=O) groups is 2. The lowest BCUT2D eigenvalue weighted by Crippen LogP contribution is -2.51. The SMILES string of the molecule is COC(=O)NC(C(=O)N1CCCC1c1ncc(-c2ccc(-c3ccc(-c4ccc(OS(=O)(=O)C(F)(F)F)c5c4C4CCC5C4)c4c3C3C=CC4C3)cc2)[nH]1)C(C)C. The fraction of sp³-hybridized carbons (Fsp3) is 0.419. The summed E-state index contributed by atoms with van der Waals surface area (Å²) in [4.78, 5) is 35.6. The summed E-state index contributed by atoms with van der Waals surface area (Å²) >= 11 is 0. The van der Waals surface area contributed by atoms with Gasteiger partial charge in [0.15, 0.2) is 0 Å². The molecule has 14 heteroatoms. The third kappa shape index (κ3) is 6.22. The predicted octanol–water partition coefficient (Wildman–Crippen LogP) is 9.19. The second kappa shape index (κ2) is 13.8. The van der Waals surface area contributed by atoms with Crippen molar-refractivity contribution >= 4 is 22.1 Å². The predicted molar refractivity (Wildman–Crippen MR) is 207 cm³/mol. The highest BCUT2D eigenvalue weighted by atomic mass is 32.2. The zero-order valence-electron chi connectivity index (χ0n) is 31.7. The van der Waals surface area contributed by atoms with E-state index in [1.165, 1.54) is 24.3 Å². The number of alkyl carbamates (subject to hydrolysis) is 1. The Morgan fingerprint density at radius 2 is 1.49 bits per heavy atom. The maximum atomic E-state index is 13.6. The smallest absolute Gasteiger partial charge is 0.453 e. The maximum absolute atomic E-state index is 13.6. The average Bonchev–Trinajstić information content (AvgIpc) is 4.05. The lowest BCUT2D eigenvalue weighted by Gasteiger charge is -2.30. The Bertz CT molecular complexity index is 2430. The molecule has 1 aromatic heterocycles. The number of H-pyrrole nitrogens is 1. The second-order valence-corrected chi connectivity index (χ2v) is 17.8. The summed E-state index contributed by atoms with van der Waals surface area (Å²) in [6.45, 7) is 4.34. The fourth-order valence-electron chi connectivity index (χ4n) is 10.2. The Hall–Kier alpha value is -5.11. The van der Waals surface area contributed by atoms with Gasteiger partial charge in [-0.25, -0.2) is 9.78 Å². The van der Waals surface area contributed by atoms with Crippen LogP contribution in [0.25, 0.3) is 33.5 Å². The standard InChI is InChI=1S/C43H43F3N4O6S/c1-22(2)39(49-42(52)55-3)41(51)50-18-4-5-33(50)40-47-21-32(48-40)24-8-6-23(7-9-24)29-14-15-30(36-26-11-10-25(19-26)35(29)36)31-16-17-34(56-57(53,54)43(44,45)46)38-28-13-12-27(20-28)37(31)38/h6-11,14-17,21-22,25-28,33,39H,4-5,12-13,18-20H2,1-3H3,(H,47,48)(H,49,52). The number of hydrogen-bond acceptors (Lipinski definition) is 7. The number of allylic oxidation sites excluding steroid dienone is 2. The van der Waals surface area contributed by atoms with Gasteiger partial charge in [0.2, 0.25) is 5.91 Å². The molecule has 10 nitrogen and oxygen atoms in total. The van der Waals surface area contributed by atoms with Gasteiger partial charge in [0.25, 0.3) is 0 Å². The van der Waals surface area contributed by atoms with Gasteiger partial charge in [-0.15, -0.1) is 0 Å². The minimum absolute atomic E-state index is 0.0383. The minimum Gasteiger partial charge on any atom is -0.453 e. The average molecular weight is 801 g/mol. The largest absolute Gasteiger partial charge is 0.534 e. The van der Waals surface area contributed by atoms with Crippen LogP contribution in [0.1, 0.15) is 110 Å². The molecule has 2 fully saturated rings. The molecule has 4 bridgehead atoms. The van der Waals surface area contributed by atoms with Crippen LogP contribution in [0.5, 0.6) is 5.75 Å². The number of alkyl halides is 3. The lowest BCUT2D eigenvalue weighted by atomic mass is 9.80. The topological polar surface area (TPSA) is 131 Å². The van der Waals surface area contributed by atoms with Crippen LogP contribution < -0.4 is 9.50 Å². The van der Waals surface area contributed by atoms with Crippen molar-refractivity contribution in [2.24, 2.45) is 5.92 Å². The van der Waals surface area contributed by atoms with E-state index in [-0.39, 0.29) is 47.3 Å². The molecule has 6 atom stereocenters. The summed E-state index contributed by atoms with van der Waals surface area (Å²) in [6, 6.07) is 14.8. The normalized spacial score (nSPS) is 23.6. The Morgan fingerprint density at radius 3 is 2.18 bits per heavy atom. The number of nitrogens with one attached hydrogen (secondary N) is 2. The van der Waals surface area contributed by atoms with Crippen LogP contribution in [0.4, 0.5) is 18.0 Å². The van der Waals surface area contributed by atoms with Crippen LogP contribution in [0, 0.1) is 5.92 Å². The first-order valence-corrected chi connectivity index (χ1v) is 21.0. The first-order valence-electron chi connectivity index (χ1n) is 19.6. The number of carbonyl (C=O) groups excluding carboxylic acids is 2. The minimum atomic E-state index is -5.80. The number of fused-ring (bicyclic) bond motifs is 10. The number of hydrogen-bond donors (Lipinski definition) is 2. The summed E-state index contributed by atoms with van der Waals surface area (Å²) in [5.41, 5.74) is 4.42. The Balaban J connectivity index is 1.01. The van der Waals surface area contributed by atoms with E-state index in [1.807, 2.05) is 13.8 Å². The second-order valence-electron chi connectivity index (χ2n) is 16.3. The summed E-state index contributed by atoms with van der Waals surface area (Å²) in [5, 5.41) is 2.69. The van der Waals surface area contributed by atoms with Gasteiger partial charge in [0.05, 0.1) is 25.0 Å². The number of aromatic nitrogens is 2. The molecular weight excluding hydrogens is 758 g/mol. The third-order valence-electron chi connectivity index (χ3n) is 12.7. The molecule has 9 rings (SSSR count). The van der Waals surface area contributed by atoms with E-state index >= 15 is 0 Å². The van der Waals surface area contributed by atoms with E-state index < -0.39 is 27.8 Å². The van der Waals surface area contributed by atoms with Gasteiger partial charge in [-0.05, 0) is 107 Å². The molecule has 4 aliphatic carbocycles. The van der Waals surface area contributed by atoms with E-state index in [0.717, 1.165) is 77.6 Å². The number of halogens is 3. The molecule has 2 heterocycles. The highest BCUT2D eigenvalue weighted by molar-refractivity contribution is 7.88. The quantitative estimate of drug-likeness (QED) is 0.0981. The van der Waals surface area contributed by atoms with Crippen molar-refractivity contribution in [2.45, 2.75) is 93.6 Å². The van der Waals surface area contributed by atoms with Crippen LogP contribution in [-0.4, -0.2) is 60.5 Å². The molecule has 1 saturated heterocycles. The number of methoxy groups -OCH3 is 1. The first-order chi connectivity index (χ1) is 27.2. The van der Waals surface area contributed by atoms with Crippen molar-refractivity contribution in [1.82, 2.24) is 20.2 Å². The number of rotatable bonds is 9. The van der Waals surface area contributed by atoms with Gasteiger partial charge in [-0.1, -0.05) is 68.5 Å². The Kier molecular flexibility index (Phi) is 9.05. The molecular formula is C43H43F3N4O6S. The van der Waals surface area contributed by atoms with E-state index in [1.54, 1.807) is 17.2 Å². The summed E-state index contributed by atoms with van der Waals surface area (Å²) in [6.07, 6.45) is 10.6. The zero-order valence-corrected chi connectivity index (χ0v) is 32.5. The highest BCUT2D eigenvalue weighted by Crippen LogP contribution is 2.61. The number of ether oxygens (including phenoxy) is 1. The van der Waals surface area contributed by atoms with Crippen molar-refractivity contribution in [3.8, 4) is 39.3 Å². The van der Waals surface area contributed by atoms with Crippen molar-refractivity contribution in [3.63, 3.8) is 0 Å². The van der Waals surface area contributed by atoms with Crippen LogP contribution in [0.3, 0.4) is 0 Å². The number of imidazole rings is 1. The third-order valence-corrected chi connectivity index (χ3v) is 13.7. The van der Waals surface area contributed by atoms with Crippen molar-refractivity contribution in [1.29, 1.82) is 0 Å². The van der Waals surface area contributed by atoms with Crippen molar-refractivity contribution < 1.29 is 40.1 Å². The van der Waals surface area contributed by atoms with Crippen LogP contribution in [0.2, 0.25) is 0 Å². The molecule has 6 unspecified atom stereocenters. The molecule has 57 heavy (non-hydrogen) atoms.